The van der Waals surface area contributed by atoms with Crippen molar-refractivity contribution in [3.63, 3.8) is 0 Å². The minimum Gasteiger partial charge on any atom is -0.368 e. The van der Waals surface area contributed by atoms with Crippen LogP contribution >= 0.6 is 0 Å². The van der Waals surface area contributed by atoms with E-state index < -0.39 is 0 Å². The summed E-state index contributed by atoms with van der Waals surface area (Å²) in [5.74, 6) is 0.455. The number of fused-ring (bicyclic) bond motifs is 1. The molecule has 1 aliphatic heterocycles. The van der Waals surface area contributed by atoms with Gasteiger partial charge in [0.25, 0.3) is 0 Å². The van der Waals surface area contributed by atoms with Crippen LogP contribution in [-0.2, 0) is 22.6 Å². The summed E-state index contributed by atoms with van der Waals surface area (Å²) < 4.78 is 0. The number of amides is 2. The zero-order chi connectivity index (χ0) is 20.2. The Balaban J connectivity index is 1.38. The van der Waals surface area contributed by atoms with E-state index in [1.54, 1.807) is 0 Å². The normalized spacial score (nSPS) is 16.9. The minimum atomic E-state index is -0.283. The minimum absolute atomic E-state index is 0.0641. The molecule has 1 unspecified atom stereocenters. The molecule has 0 bridgehead atoms. The molecule has 1 aromatic heterocycles. The highest BCUT2D eigenvalue weighted by Gasteiger charge is 2.29. The summed E-state index contributed by atoms with van der Waals surface area (Å²) in [6.45, 7) is 1.43. The Morgan fingerprint density at radius 2 is 1.97 bits per heavy atom. The number of aromatic amines is 1. The van der Waals surface area contributed by atoms with E-state index >= 15 is 0 Å². The second-order valence-electron chi connectivity index (χ2n) is 7.44. The van der Waals surface area contributed by atoms with Gasteiger partial charge in [0.2, 0.25) is 11.8 Å². The molecular weight excluding hydrogens is 366 g/mol. The maximum Gasteiger partial charge on any atom is 0.234 e. The van der Waals surface area contributed by atoms with Crippen LogP contribution < -0.4 is 11.1 Å². The summed E-state index contributed by atoms with van der Waals surface area (Å²) in [5, 5.41) is 3.01. The fraction of sp³-hybridized carbons (Fsp3) is 0.318. The molecule has 0 spiro atoms. The van der Waals surface area contributed by atoms with Gasteiger partial charge in [0, 0.05) is 25.1 Å². The maximum absolute atomic E-state index is 12.5. The Hall–Kier alpha value is -3.19. The Labute approximate surface area is 169 Å². The van der Waals surface area contributed by atoms with Crippen molar-refractivity contribution in [2.75, 3.05) is 11.9 Å². The summed E-state index contributed by atoms with van der Waals surface area (Å²) in [7, 11) is 0. The third-order valence-electron chi connectivity index (χ3n) is 5.38. The molecule has 0 aliphatic carbocycles. The first-order valence-corrected chi connectivity index (χ1v) is 9.95. The number of aromatic nitrogens is 2. The molecular formula is C22H25N5O2. The van der Waals surface area contributed by atoms with Crippen LogP contribution in [0.3, 0.4) is 0 Å². The lowest BCUT2D eigenvalue weighted by Crippen LogP contribution is -2.39. The number of nitrogens with zero attached hydrogens (tertiary/aromatic N) is 2. The number of para-hydroxylation sites is 3. The molecule has 7 nitrogen and oxygen atoms in total. The topological polar surface area (TPSA) is 104 Å². The number of carbonyl (C=O) groups excluding carboxylic acids is 2. The molecule has 29 heavy (non-hydrogen) atoms. The van der Waals surface area contributed by atoms with E-state index in [1.807, 2.05) is 48.5 Å². The molecule has 0 saturated carbocycles. The van der Waals surface area contributed by atoms with Gasteiger partial charge in [0.1, 0.15) is 5.82 Å². The first-order valence-electron chi connectivity index (χ1n) is 9.95. The molecule has 4 rings (SSSR count). The number of hydrogen-bond acceptors (Lipinski definition) is 4. The number of rotatable bonds is 7. The number of primary amides is 1. The number of hydrogen-bond donors (Lipinski definition) is 3. The van der Waals surface area contributed by atoms with Gasteiger partial charge in [-0.3, -0.25) is 14.5 Å². The second kappa shape index (κ2) is 8.45. The monoisotopic (exact) mass is 391 g/mol. The summed E-state index contributed by atoms with van der Waals surface area (Å²) >= 11 is 0. The highest BCUT2D eigenvalue weighted by atomic mass is 16.2. The highest BCUT2D eigenvalue weighted by Crippen LogP contribution is 2.24. The van der Waals surface area contributed by atoms with Crippen LogP contribution in [0.2, 0.25) is 0 Å². The number of nitrogens with one attached hydrogen (secondary N) is 2. The van der Waals surface area contributed by atoms with Crippen LogP contribution in [0.5, 0.6) is 0 Å². The Kier molecular flexibility index (Phi) is 5.57. The van der Waals surface area contributed by atoms with Gasteiger partial charge < -0.3 is 16.0 Å². The second-order valence-corrected chi connectivity index (χ2v) is 7.44. The maximum atomic E-state index is 12.5. The van der Waals surface area contributed by atoms with E-state index in [2.05, 4.69) is 20.2 Å². The van der Waals surface area contributed by atoms with Gasteiger partial charge in [-0.2, -0.15) is 0 Å². The van der Waals surface area contributed by atoms with Crippen LogP contribution in [0.15, 0.2) is 48.5 Å². The predicted molar refractivity (Wildman–Crippen MR) is 112 cm³/mol. The number of imidazole rings is 1. The predicted octanol–water partition coefficient (Wildman–Crippen LogP) is 2.58. The molecule has 150 valence electrons. The number of benzene rings is 2. The highest BCUT2D eigenvalue weighted by molar-refractivity contribution is 5.91. The van der Waals surface area contributed by atoms with Gasteiger partial charge in [0.05, 0.1) is 17.1 Å². The molecule has 4 N–H and O–H groups in total. The zero-order valence-electron chi connectivity index (χ0n) is 16.2. The van der Waals surface area contributed by atoms with Crippen molar-refractivity contribution < 1.29 is 9.59 Å². The van der Waals surface area contributed by atoms with E-state index in [4.69, 9.17) is 5.73 Å². The summed E-state index contributed by atoms with van der Waals surface area (Å²) in [4.78, 5) is 34.0. The van der Waals surface area contributed by atoms with Crippen LogP contribution in [-0.4, -0.2) is 39.3 Å². The van der Waals surface area contributed by atoms with Crippen LogP contribution in [0.4, 0.5) is 5.69 Å². The van der Waals surface area contributed by atoms with Crippen molar-refractivity contribution in [2.45, 2.75) is 38.3 Å². The molecule has 3 aromatic rings. The average molecular weight is 391 g/mol. The quantitative estimate of drug-likeness (QED) is 0.576. The summed E-state index contributed by atoms with van der Waals surface area (Å²) in [6, 6.07) is 15.3. The molecule has 1 atom stereocenters. The average Bonchev–Trinajstić information content (AvgIpc) is 3.34. The van der Waals surface area contributed by atoms with E-state index in [0.29, 0.717) is 19.4 Å². The van der Waals surface area contributed by atoms with Crippen molar-refractivity contribution in [3.8, 4) is 0 Å². The van der Waals surface area contributed by atoms with Crippen molar-refractivity contribution >= 4 is 28.5 Å². The number of likely N-dealkylation sites (tertiary alicyclic amines) is 1. The van der Waals surface area contributed by atoms with Crippen molar-refractivity contribution in [2.24, 2.45) is 5.73 Å². The van der Waals surface area contributed by atoms with Gasteiger partial charge in [-0.25, -0.2) is 4.98 Å². The first-order chi connectivity index (χ1) is 14.1. The molecule has 1 saturated heterocycles. The Morgan fingerprint density at radius 3 is 2.79 bits per heavy atom. The lowest BCUT2D eigenvalue weighted by Gasteiger charge is -2.23. The Bertz CT molecular complexity index is 996. The van der Waals surface area contributed by atoms with E-state index in [-0.39, 0.29) is 17.9 Å². The molecule has 1 fully saturated rings. The van der Waals surface area contributed by atoms with E-state index in [9.17, 15) is 9.59 Å². The van der Waals surface area contributed by atoms with Crippen LogP contribution in [0.1, 0.15) is 30.7 Å². The fourth-order valence-corrected chi connectivity index (χ4v) is 3.91. The lowest BCUT2D eigenvalue weighted by molar-refractivity contribution is -0.122. The third-order valence-corrected chi connectivity index (χ3v) is 5.38. The molecule has 2 heterocycles. The first kappa shape index (κ1) is 19.1. The van der Waals surface area contributed by atoms with Crippen molar-refractivity contribution in [3.05, 3.63) is 59.9 Å². The lowest BCUT2D eigenvalue weighted by atomic mass is 10.1. The van der Waals surface area contributed by atoms with Crippen LogP contribution in [0.25, 0.3) is 11.0 Å². The molecule has 1 aliphatic rings. The molecule has 2 aromatic carbocycles. The Morgan fingerprint density at radius 1 is 1.17 bits per heavy atom. The third kappa shape index (κ3) is 4.46. The van der Waals surface area contributed by atoms with Gasteiger partial charge in [-0.05, 0) is 43.1 Å². The zero-order valence-corrected chi connectivity index (χ0v) is 16.2. The number of nitrogens with two attached hydrogens (primary N) is 1. The van der Waals surface area contributed by atoms with Crippen molar-refractivity contribution in [1.29, 1.82) is 0 Å². The number of aryl methyl sites for hydroxylation is 1. The fourth-order valence-electron chi connectivity index (χ4n) is 3.91. The van der Waals surface area contributed by atoms with E-state index in [1.165, 1.54) is 0 Å². The summed E-state index contributed by atoms with van der Waals surface area (Å²) in [6.07, 6.45) is 2.63. The molecule has 2 amide bonds. The largest absolute Gasteiger partial charge is 0.368 e. The number of H-pyrrole nitrogens is 1. The SMILES string of the molecule is NC(=O)C1CCCN1Cc1ccccc1NC(=O)CCc1nc2ccccc2[nH]1. The molecule has 7 heteroatoms. The van der Waals surface area contributed by atoms with Crippen molar-refractivity contribution in [1.82, 2.24) is 14.9 Å². The number of anilines is 1. The van der Waals surface area contributed by atoms with Gasteiger partial charge in [-0.15, -0.1) is 0 Å². The van der Waals surface area contributed by atoms with E-state index in [0.717, 1.165) is 47.5 Å². The van der Waals surface area contributed by atoms with Gasteiger partial charge in [0.15, 0.2) is 0 Å². The summed E-state index contributed by atoms with van der Waals surface area (Å²) in [5.41, 5.74) is 9.16. The smallest absolute Gasteiger partial charge is 0.234 e. The van der Waals surface area contributed by atoms with Gasteiger partial charge >= 0.3 is 0 Å². The van der Waals surface area contributed by atoms with Gasteiger partial charge in [-0.1, -0.05) is 30.3 Å². The number of carbonyl (C=O) groups is 2. The van der Waals surface area contributed by atoms with Crippen LogP contribution in [0, 0.1) is 0 Å². The standard InChI is InChI=1S/C22H25N5O2/c23-22(29)19-10-5-13-27(19)14-15-6-1-2-7-16(15)26-21(28)12-11-20-24-17-8-3-4-9-18(17)25-20/h1-4,6-9,19H,5,10-14H2,(H2,23,29)(H,24,25)(H,26,28). The molecule has 0 radical (unpaired) electrons.